The summed E-state index contributed by atoms with van der Waals surface area (Å²) in [5, 5.41) is 37.4. The molecule has 2 atom stereocenters. The first-order valence-electron chi connectivity index (χ1n) is 12.0. The van der Waals surface area contributed by atoms with E-state index in [-0.39, 0.29) is 0 Å². The highest BCUT2D eigenvalue weighted by Crippen LogP contribution is 2.61. The maximum Gasteiger partial charge on any atom is 0.265 e. The van der Waals surface area contributed by atoms with Gasteiger partial charge in [0.2, 0.25) is 0 Å². The van der Waals surface area contributed by atoms with Gasteiger partial charge in [0.1, 0.15) is 41.0 Å². The summed E-state index contributed by atoms with van der Waals surface area (Å²) in [4.78, 5) is 4.97. The molecule has 0 spiro atoms. The maximum atomic E-state index is 15.1. The fourth-order valence-electron chi connectivity index (χ4n) is 4.84. The van der Waals surface area contributed by atoms with Crippen molar-refractivity contribution in [3.05, 3.63) is 132 Å². The van der Waals surface area contributed by atoms with Gasteiger partial charge in [-0.1, -0.05) is 0 Å². The van der Waals surface area contributed by atoms with Gasteiger partial charge in [0.25, 0.3) is 11.7 Å². The average Bonchev–Trinajstić information content (AvgIpc) is 3.78. The molecule has 0 aliphatic heterocycles. The Morgan fingerprint density at radius 1 is 0.521 bits per heavy atom. The lowest BCUT2D eigenvalue weighted by molar-refractivity contribution is 0.427. The van der Waals surface area contributed by atoms with Gasteiger partial charge in [0, 0.05) is 0 Å². The molecule has 1 fully saturated rings. The third-order valence-electron chi connectivity index (χ3n) is 6.98. The molecule has 236 valence electrons. The number of hydrogen-bond donors (Lipinski definition) is 0. The van der Waals surface area contributed by atoms with E-state index in [9.17, 15) is 36.9 Å². The minimum absolute atomic E-state index is 0.780. The van der Waals surface area contributed by atoms with Crippen molar-refractivity contribution in [2.45, 2.75) is 6.04 Å². The summed E-state index contributed by atoms with van der Waals surface area (Å²) in [5.74, 6) is -31.9. The third-order valence-corrected chi connectivity index (χ3v) is 6.98. The fraction of sp³-hybridized carbons (Fsp3) is 0.0667. The van der Waals surface area contributed by atoms with E-state index < -0.39 is 138 Å². The predicted molar refractivity (Wildman–Crippen MR) is 132 cm³/mol. The molecule has 1 saturated carbocycles. The van der Waals surface area contributed by atoms with Gasteiger partial charge in [-0.15, -0.1) is 0 Å². The highest BCUT2D eigenvalue weighted by molar-refractivity contribution is 5.98. The SMILES string of the molecule is [C-]#[N+]c1c(F)c(F)c(/C(C#N)=C2/C(=C(/C#N)c3c(F)c(F)c(C#N)c(F)c3F)C2C([N+]#[C-])c2c(F)c(F)c(C#N)c(F)c2F)c(F)c1F. The van der Waals surface area contributed by atoms with Gasteiger partial charge in [-0.2, -0.15) is 21.0 Å². The fourth-order valence-corrected chi connectivity index (χ4v) is 4.84. The highest BCUT2D eigenvalue weighted by Gasteiger charge is 2.56. The Kier molecular flexibility index (Phi) is 8.68. The van der Waals surface area contributed by atoms with Crippen LogP contribution in [0.4, 0.5) is 58.4 Å². The summed E-state index contributed by atoms with van der Waals surface area (Å²) >= 11 is 0. The molecule has 48 heavy (non-hydrogen) atoms. The van der Waals surface area contributed by atoms with Crippen molar-refractivity contribution in [3.8, 4) is 24.3 Å². The van der Waals surface area contributed by atoms with E-state index in [0.717, 1.165) is 24.3 Å². The number of rotatable bonds is 4. The number of benzene rings is 3. The second-order valence-electron chi connectivity index (χ2n) is 9.22. The summed E-state index contributed by atoms with van der Waals surface area (Å²) in [6.45, 7) is 14.2. The van der Waals surface area contributed by atoms with Crippen LogP contribution in [0.3, 0.4) is 0 Å². The van der Waals surface area contributed by atoms with Crippen molar-refractivity contribution in [1.82, 2.24) is 0 Å². The summed E-state index contributed by atoms with van der Waals surface area (Å²) in [6, 6.07) is 0.721. The molecule has 1 aliphatic carbocycles. The second kappa shape index (κ2) is 12.2. The third kappa shape index (κ3) is 4.64. The van der Waals surface area contributed by atoms with Gasteiger partial charge in [-0.3, -0.25) is 0 Å². The van der Waals surface area contributed by atoms with Crippen molar-refractivity contribution < 1.29 is 52.7 Å². The van der Waals surface area contributed by atoms with Gasteiger partial charge in [-0.05, 0) is 11.1 Å². The van der Waals surface area contributed by atoms with Gasteiger partial charge >= 0.3 is 0 Å². The first-order chi connectivity index (χ1) is 22.6. The van der Waals surface area contributed by atoms with Crippen molar-refractivity contribution in [2.24, 2.45) is 5.92 Å². The van der Waals surface area contributed by atoms with E-state index in [1.54, 1.807) is 0 Å². The highest BCUT2D eigenvalue weighted by atomic mass is 19.2. The summed E-state index contributed by atoms with van der Waals surface area (Å²) < 4.78 is 178. The smallest absolute Gasteiger partial charge is 0.265 e. The summed E-state index contributed by atoms with van der Waals surface area (Å²) in [7, 11) is 0. The monoisotopic (exact) mass is 674 g/mol. The Balaban J connectivity index is 2.27. The first kappa shape index (κ1) is 34.1. The zero-order chi connectivity index (χ0) is 36.1. The van der Waals surface area contributed by atoms with E-state index in [2.05, 4.69) is 9.69 Å². The van der Waals surface area contributed by atoms with E-state index in [4.69, 9.17) is 23.7 Å². The molecule has 3 aromatic rings. The molecule has 4 rings (SSSR count). The van der Waals surface area contributed by atoms with Crippen LogP contribution in [0.5, 0.6) is 0 Å². The summed E-state index contributed by atoms with van der Waals surface area (Å²) in [5.41, 5.74) is -17.6. The Labute approximate surface area is 258 Å². The first-order valence-corrected chi connectivity index (χ1v) is 12.0. The Hall–Kier alpha value is -6.76. The molecule has 0 N–H and O–H groups in total. The van der Waals surface area contributed by atoms with Gasteiger partial charge in [0.05, 0.1) is 34.8 Å². The van der Waals surface area contributed by atoms with Crippen LogP contribution in [0.15, 0.2) is 11.1 Å². The van der Waals surface area contributed by atoms with Crippen LogP contribution in [-0.2, 0) is 0 Å². The van der Waals surface area contributed by atoms with E-state index >= 15 is 26.3 Å². The minimum Gasteiger partial charge on any atom is -0.307 e. The van der Waals surface area contributed by atoms with Crippen LogP contribution in [0, 0.1) is 134 Å². The van der Waals surface area contributed by atoms with E-state index in [0.29, 0.717) is 0 Å². The van der Waals surface area contributed by atoms with Crippen LogP contribution >= 0.6 is 0 Å². The van der Waals surface area contributed by atoms with Gasteiger partial charge in [0.15, 0.2) is 69.8 Å². The Morgan fingerprint density at radius 3 is 1.15 bits per heavy atom. The Morgan fingerprint density at radius 2 is 0.854 bits per heavy atom. The van der Waals surface area contributed by atoms with Crippen LogP contribution in [0.2, 0.25) is 0 Å². The molecule has 2 unspecified atom stereocenters. The van der Waals surface area contributed by atoms with E-state index in [1.165, 1.54) is 0 Å². The quantitative estimate of drug-likeness (QED) is 0.121. The molecule has 0 heterocycles. The van der Waals surface area contributed by atoms with Crippen LogP contribution in [0.1, 0.15) is 33.9 Å². The number of allylic oxidation sites excluding steroid dienone is 2. The van der Waals surface area contributed by atoms with Gasteiger partial charge < -0.3 is 4.85 Å². The van der Waals surface area contributed by atoms with Crippen molar-refractivity contribution in [1.29, 1.82) is 21.0 Å². The molecular formula is C30H2F12N6. The zero-order valence-electron chi connectivity index (χ0n) is 22.4. The van der Waals surface area contributed by atoms with Crippen LogP contribution in [0.25, 0.3) is 20.8 Å². The summed E-state index contributed by atoms with van der Waals surface area (Å²) in [6.07, 6.45) is 0. The van der Waals surface area contributed by atoms with E-state index in [1.807, 2.05) is 0 Å². The normalized spacial score (nSPS) is 16.0. The molecule has 3 aromatic carbocycles. The largest absolute Gasteiger partial charge is 0.307 e. The molecule has 0 saturated heterocycles. The predicted octanol–water partition coefficient (Wildman–Crippen LogP) is 8.19. The molecule has 0 radical (unpaired) electrons. The Bertz CT molecular complexity index is 2150. The van der Waals surface area contributed by atoms with Gasteiger partial charge in [-0.25, -0.2) is 64.1 Å². The number of halogens is 12. The molecule has 0 amide bonds. The second-order valence-corrected chi connectivity index (χ2v) is 9.22. The lowest BCUT2D eigenvalue weighted by Crippen LogP contribution is -2.11. The molecule has 18 heteroatoms. The number of hydrogen-bond acceptors (Lipinski definition) is 4. The van der Waals surface area contributed by atoms with Crippen LogP contribution < -0.4 is 0 Å². The molecule has 6 nitrogen and oxygen atoms in total. The van der Waals surface area contributed by atoms with Crippen LogP contribution in [-0.4, -0.2) is 0 Å². The molecule has 0 aromatic heterocycles. The van der Waals surface area contributed by atoms with Crippen molar-refractivity contribution in [3.63, 3.8) is 0 Å². The number of nitriles is 4. The number of nitrogens with zero attached hydrogens (tertiary/aromatic N) is 6. The molecular weight excluding hydrogens is 672 g/mol. The lowest BCUT2D eigenvalue weighted by atomic mass is 9.95. The van der Waals surface area contributed by atoms with Crippen molar-refractivity contribution in [2.75, 3.05) is 0 Å². The molecule has 0 bridgehead atoms. The topological polar surface area (TPSA) is 104 Å². The van der Waals surface area contributed by atoms with Crippen molar-refractivity contribution >= 4 is 16.8 Å². The standard InChI is InChI=1S/C30H2F12N6/c1-47-29(16-25(39)19(33)10(6-46)20(34)26(16)40)15-11(7(3-43)13-21(35)17(31)9(5-45)18(32)22(13)36)12(15)8(4-44)14-23(37)27(41)30(48-2)28(42)24(14)38/h15,29H/b11-7+,12-8-. The maximum absolute atomic E-state index is 15.1. The minimum atomic E-state index is -2.85. The lowest BCUT2D eigenvalue weighted by Gasteiger charge is -2.11. The molecule has 1 aliphatic rings. The average molecular weight is 674 g/mol. The zero-order valence-corrected chi connectivity index (χ0v) is 22.4.